The van der Waals surface area contributed by atoms with E-state index in [1.165, 1.54) is 14.2 Å². The summed E-state index contributed by atoms with van der Waals surface area (Å²) < 4.78 is 38.3. The summed E-state index contributed by atoms with van der Waals surface area (Å²) in [4.78, 5) is 22.0. The first-order chi connectivity index (χ1) is 12.7. The first kappa shape index (κ1) is 23.2. The van der Waals surface area contributed by atoms with Crippen LogP contribution in [0, 0.1) is 0 Å². The number of methoxy groups -OCH3 is 2. The van der Waals surface area contributed by atoms with Gasteiger partial charge in [0.05, 0.1) is 31.1 Å². The van der Waals surface area contributed by atoms with Crippen molar-refractivity contribution in [1.29, 1.82) is 0 Å². The SMILES string of the molecule is [B][C@H]1CC(NC(=O)CSP(=O)(O)OC[C@H]2O[C@@H]([B])CC2OC)[C@@H](COC)O1. The Morgan fingerprint density at radius 2 is 1.89 bits per heavy atom. The summed E-state index contributed by atoms with van der Waals surface area (Å²) in [6.45, 7) is -3.91. The van der Waals surface area contributed by atoms with Crippen LogP contribution in [0.4, 0.5) is 0 Å². The summed E-state index contributed by atoms with van der Waals surface area (Å²) in [7, 11) is 14.4. The monoisotopic (exact) mass is 419 g/mol. The second kappa shape index (κ2) is 10.6. The van der Waals surface area contributed by atoms with Crippen molar-refractivity contribution in [3.05, 3.63) is 0 Å². The lowest BCUT2D eigenvalue weighted by atomic mass is 9.95. The van der Waals surface area contributed by atoms with Crippen LogP contribution in [0.15, 0.2) is 0 Å². The van der Waals surface area contributed by atoms with Crippen molar-refractivity contribution in [3.63, 3.8) is 0 Å². The van der Waals surface area contributed by atoms with Crippen LogP contribution in [0.2, 0.25) is 0 Å². The van der Waals surface area contributed by atoms with Gasteiger partial charge in [0, 0.05) is 26.2 Å². The number of nitrogens with one attached hydrogen (secondary N) is 1. The van der Waals surface area contributed by atoms with E-state index in [0.29, 0.717) is 24.2 Å². The number of hydrogen-bond acceptors (Lipinski definition) is 8. The van der Waals surface area contributed by atoms with Gasteiger partial charge in [-0.25, -0.2) is 4.57 Å². The number of amides is 1. The number of hydrogen-bond donors (Lipinski definition) is 2. The second-order valence-electron chi connectivity index (χ2n) is 6.34. The summed E-state index contributed by atoms with van der Waals surface area (Å²) in [5.74, 6) is -0.673. The van der Waals surface area contributed by atoms with E-state index in [-0.39, 0.29) is 37.2 Å². The molecule has 2 fully saturated rings. The van der Waals surface area contributed by atoms with Gasteiger partial charge < -0.3 is 29.2 Å². The van der Waals surface area contributed by atoms with E-state index in [4.69, 9.17) is 39.2 Å². The molecule has 0 aromatic heterocycles. The van der Waals surface area contributed by atoms with Gasteiger partial charge in [0.15, 0.2) is 0 Å². The summed E-state index contributed by atoms with van der Waals surface area (Å²) >= 11 is 0.524. The highest BCUT2D eigenvalue weighted by atomic mass is 32.7. The molecule has 0 aromatic carbocycles. The maximum atomic E-state index is 12.1. The van der Waals surface area contributed by atoms with Crippen molar-refractivity contribution < 1.29 is 37.7 Å². The topological polar surface area (TPSA) is 113 Å². The molecule has 13 heteroatoms. The summed E-state index contributed by atoms with van der Waals surface area (Å²) in [5.41, 5.74) is 0. The Bertz CT molecular complexity index is 547. The van der Waals surface area contributed by atoms with Crippen LogP contribution in [0.1, 0.15) is 12.8 Å². The summed E-state index contributed by atoms with van der Waals surface area (Å²) in [6.07, 6.45) is -0.283. The van der Waals surface area contributed by atoms with Gasteiger partial charge in [0.1, 0.15) is 27.9 Å². The molecule has 0 bridgehead atoms. The molecule has 2 saturated heterocycles. The lowest BCUT2D eigenvalue weighted by molar-refractivity contribution is -0.119. The van der Waals surface area contributed by atoms with Gasteiger partial charge in [-0.2, -0.15) is 0 Å². The van der Waals surface area contributed by atoms with E-state index in [0.717, 1.165) is 0 Å². The fourth-order valence-corrected chi connectivity index (χ4v) is 5.01. The predicted octanol–water partition coefficient (Wildman–Crippen LogP) is -0.450. The van der Waals surface area contributed by atoms with E-state index in [1.807, 2.05) is 0 Å². The minimum absolute atomic E-state index is 0.157. The first-order valence-electron chi connectivity index (χ1n) is 8.49. The van der Waals surface area contributed by atoms with Crippen LogP contribution >= 0.6 is 18.2 Å². The largest absolute Gasteiger partial charge is 0.387 e. The van der Waals surface area contributed by atoms with Gasteiger partial charge in [-0.1, -0.05) is 0 Å². The van der Waals surface area contributed by atoms with Gasteiger partial charge in [-0.05, 0) is 24.2 Å². The molecule has 150 valence electrons. The molecule has 9 nitrogen and oxygen atoms in total. The molecule has 2 aliphatic heterocycles. The second-order valence-corrected chi connectivity index (χ2v) is 10.2. The normalized spacial score (nSPS) is 35.8. The standard InChI is InChI=1S/C14H24B2NO8PS/c1-21-5-10-8(3-12(15)24-10)17-14(18)7-27-26(19,20)23-6-11-9(22-2)4-13(16)25-11/h8-13H,3-7H2,1-2H3,(H,17,18)(H,19,20)/t8?,9?,10-,11-,12-,13-/m1/s1. The first-order valence-corrected chi connectivity index (χ1v) is 11.7. The Kier molecular flexibility index (Phi) is 9.15. The highest BCUT2D eigenvalue weighted by Crippen LogP contribution is 2.55. The molecule has 2 heterocycles. The molecular weight excluding hydrogens is 395 g/mol. The minimum Gasteiger partial charge on any atom is -0.382 e. The molecule has 4 radical (unpaired) electrons. The lowest BCUT2D eigenvalue weighted by Gasteiger charge is -2.20. The zero-order valence-electron chi connectivity index (χ0n) is 15.3. The van der Waals surface area contributed by atoms with Crippen molar-refractivity contribution in [1.82, 2.24) is 5.32 Å². The number of ether oxygens (including phenoxy) is 4. The van der Waals surface area contributed by atoms with Gasteiger partial charge >= 0.3 is 6.80 Å². The van der Waals surface area contributed by atoms with Crippen molar-refractivity contribution >= 4 is 39.8 Å². The molecule has 0 spiro atoms. The molecular formula is C14H24B2NO8PS. The van der Waals surface area contributed by atoms with E-state index >= 15 is 0 Å². The third kappa shape index (κ3) is 7.36. The predicted molar refractivity (Wildman–Crippen MR) is 101 cm³/mol. The van der Waals surface area contributed by atoms with Crippen molar-refractivity contribution in [3.8, 4) is 0 Å². The molecule has 3 unspecified atom stereocenters. The van der Waals surface area contributed by atoms with E-state index < -0.39 is 30.8 Å². The molecule has 0 saturated carbocycles. The number of rotatable bonds is 10. The Balaban J connectivity index is 1.74. The third-order valence-electron chi connectivity index (χ3n) is 4.25. The number of carbonyl (C=O) groups excluding carboxylic acids is 1. The molecule has 0 aliphatic carbocycles. The molecule has 27 heavy (non-hydrogen) atoms. The van der Waals surface area contributed by atoms with Crippen LogP contribution in [0.25, 0.3) is 0 Å². The zero-order chi connectivity index (χ0) is 20.0. The van der Waals surface area contributed by atoms with Crippen molar-refractivity contribution in [2.75, 3.05) is 33.2 Å². The Labute approximate surface area is 165 Å². The van der Waals surface area contributed by atoms with Crippen molar-refractivity contribution in [2.24, 2.45) is 0 Å². The van der Waals surface area contributed by atoms with Gasteiger partial charge in [-0.3, -0.25) is 9.32 Å². The van der Waals surface area contributed by atoms with Crippen LogP contribution in [0.3, 0.4) is 0 Å². The number of carbonyl (C=O) groups is 1. The molecule has 0 aromatic rings. The Morgan fingerprint density at radius 3 is 2.56 bits per heavy atom. The quantitative estimate of drug-likeness (QED) is 0.359. The zero-order valence-corrected chi connectivity index (χ0v) is 17.0. The average Bonchev–Trinajstić information content (AvgIpc) is 3.13. The Morgan fingerprint density at radius 1 is 1.22 bits per heavy atom. The summed E-state index contributed by atoms with van der Waals surface area (Å²) in [5, 5.41) is 2.74. The van der Waals surface area contributed by atoms with Crippen molar-refractivity contribution in [2.45, 2.75) is 49.2 Å². The third-order valence-corrected chi connectivity index (χ3v) is 7.13. The molecule has 2 rings (SSSR count). The van der Waals surface area contributed by atoms with Crippen LogP contribution in [-0.2, 0) is 32.8 Å². The molecule has 7 atom stereocenters. The molecule has 1 amide bonds. The molecule has 2 aliphatic rings. The lowest BCUT2D eigenvalue weighted by Crippen LogP contribution is -2.43. The smallest absolute Gasteiger partial charge is 0.382 e. The van der Waals surface area contributed by atoms with Gasteiger partial charge in [0.2, 0.25) is 5.91 Å². The fraction of sp³-hybridized carbons (Fsp3) is 0.929. The average molecular weight is 419 g/mol. The van der Waals surface area contributed by atoms with Crippen LogP contribution in [0.5, 0.6) is 0 Å². The fourth-order valence-electron chi connectivity index (χ4n) is 2.99. The Hall–Kier alpha value is -0.0601. The van der Waals surface area contributed by atoms with Gasteiger partial charge in [0.25, 0.3) is 0 Å². The van der Waals surface area contributed by atoms with E-state index in [2.05, 4.69) is 5.32 Å². The summed E-state index contributed by atoms with van der Waals surface area (Å²) in [6, 6.07) is -1.30. The minimum atomic E-state index is -4.04. The van der Waals surface area contributed by atoms with Crippen LogP contribution in [-0.4, -0.2) is 96.0 Å². The van der Waals surface area contributed by atoms with Crippen LogP contribution < -0.4 is 5.32 Å². The molecule has 2 N–H and O–H groups in total. The highest BCUT2D eigenvalue weighted by molar-refractivity contribution is 8.55. The van der Waals surface area contributed by atoms with E-state index in [9.17, 15) is 14.3 Å². The highest BCUT2D eigenvalue weighted by Gasteiger charge is 2.36. The van der Waals surface area contributed by atoms with Gasteiger partial charge in [-0.15, -0.1) is 0 Å². The van der Waals surface area contributed by atoms with E-state index in [1.54, 1.807) is 0 Å². The maximum absolute atomic E-state index is 12.1. The maximum Gasteiger partial charge on any atom is 0.387 e.